The highest BCUT2D eigenvalue weighted by Gasteiger charge is 2.32. The smallest absolute Gasteiger partial charge is 0.410 e. The van der Waals surface area contributed by atoms with Gasteiger partial charge in [-0.2, -0.15) is 0 Å². The summed E-state index contributed by atoms with van der Waals surface area (Å²) in [6, 6.07) is 6.30. The van der Waals surface area contributed by atoms with Crippen molar-refractivity contribution in [3.05, 3.63) is 60.1 Å². The summed E-state index contributed by atoms with van der Waals surface area (Å²) in [6.45, 7) is 12.8. The van der Waals surface area contributed by atoms with Crippen LogP contribution in [0.3, 0.4) is 0 Å². The van der Waals surface area contributed by atoms with Gasteiger partial charge in [-0.1, -0.05) is 25.5 Å². The number of methoxy groups -OCH3 is 3. The van der Waals surface area contributed by atoms with Crippen LogP contribution in [0.2, 0.25) is 0 Å². The molecule has 0 bridgehead atoms. The molecule has 1 aliphatic carbocycles. The number of benzene rings is 1. The van der Waals surface area contributed by atoms with Crippen LogP contribution in [0, 0.1) is 0 Å². The number of allylic oxidation sites excluding steroid dienone is 1. The molecule has 4 rings (SSSR count). The van der Waals surface area contributed by atoms with Gasteiger partial charge >= 0.3 is 6.09 Å². The third kappa shape index (κ3) is 8.93. The number of ether oxygens (including phenoxy) is 5. The molecule has 2 aromatic rings. The van der Waals surface area contributed by atoms with Crippen LogP contribution in [0.1, 0.15) is 72.3 Å². The van der Waals surface area contributed by atoms with Gasteiger partial charge in [0, 0.05) is 62.4 Å². The number of pyridine rings is 1. The van der Waals surface area contributed by atoms with Crippen molar-refractivity contribution in [3.63, 3.8) is 0 Å². The molecule has 2 aliphatic rings. The normalized spacial score (nSPS) is 18.8. The molecule has 45 heavy (non-hydrogen) atoms. The third-order valence-electron chi connectivity index (χ3n) is 8.29. The van der Waals surface area contributed by atoms with Crippen LogP contribution >= 0.6 is 0 Å². The largest absolute Gasteiger partial charge is 0.493 e. The SMILES string of the molecule is CCCCOC1(C)C=CC(N(Cc2cncc(-c3cc(OC)c(OC)c(OC)c3)c2)C2CCN(C(=O)OC(C)(C)C)CC2)=CC1. The number of carbonyl (C=O) groups is 1. The van der Waals surface area contributed by atoms with E-state index in [0.717, 1.165) is 55.4 Å². The predicted octanol–water partition coefficient (Wildman–Crippen LogP) is 7.40. The maximum absolute atomic E-state index is 12.8. The number of carbonyl (C=O) groups excluding carboxylic acids is 1. The standard InChI is InChI=1S/C36H51N3O6/c1-9-10-19-44-36(5)15-11-29(12-16-36)39(30-13-17-38(18-14-30)34(40)45-35(2,3)4)25-26-20-28(24-37-23-26)27-21-31(41-6)33(43-8)32(22-27)42-7/h11-12,15,20-24,30H,9-10,13-14,16-19,25H2,1-8H3. The van der Waals surface area contributed by atoms with E-state index in [1.807, 2.05) is 50.2 Å². The third-order valence-corrected chi connectivity index (χ3v) is 8.29. The number of amides is 1. The van der Waals surface area contributed by atoms with Gasteiger partial charge in [0.1, 0.15) is 5.60 Å². The lowest BCUT2D eigenvalue weighted by molar-refractivity contribution is 0.00358. The molecule has 2 heterocycles. The predicted molar refractivity (Wildman–Crippen MR) is 177 cm³/mol. The Bertz CT molecular complexity index is 1330. The van der Waals surface area contributed by atoms with E-state index in [2.05, 4.69) is 48.0 Å². The monoisotopic (exact) mass is 621 g/mol. The molecule has 1 fully saturated rings. The molecule has 1 aliphatic heterocycles. The number of hydrogen-bond donors (Lipinski definition) is 0. The molecule has 0 saturated carbocycles. The van der Waals surface area contributed by atoms with Crippen LogP contribution in [0.5, 0.6) is 17.2 Å². The topological polar surface area (TPSA) is 82.6 Å². The van der Waals surface area contributed by atoms with E-state index in [-0.39, 0.29) is 17.7 Å². The first-order valence-corrected chi connectivity index (χ1v) is 16.0. The summed E-state index contributed by atoms with van der Waals surface area (Å²) in [4.78, 5) is 21.7. The summed E-state index contributed by atoms with van der Waals surface area (Å²) in [5, 5.41) is 0. The second-order valence-corrected chi connectivity index (χ2v) is 13.0. The Kier molecular flexibility index (Phi) is 11.4. The molecule has 1 aromatic heterocycles. The van der Waals surface area contributed by atoms with Crippen molar-refractivity contribution in [2.24, 2.45) is 0 Å². The van der Waals surface area contributed by atoms with Crippen molar-refractivity contribution < 1.29 is 28.5 Å². The van der Waals surface area contributed by atoms with Crippen LogP contribution < -0.4 is 14.2 Å². The van der Waals surface area contributed by atoms with Gasteiger partial charge in [-0.3, -0.25) is 4.98 Å². The first kappa shape index (κ1) is 34.2. The zero-order chi connectivity index (χ0) is 32.6. The van der Waals surface area contributed by atoms with Gasteiger partial charge in [-0.05, 0) is 82.4 Å². The number of likely N-dealkylation sites (tertiary alicyclic amines) is 1. The molecule has 246 valence electrons. The first-order chi connectivity index (χ1) is 21.5. The van der Waals surface area contributed by atoms with Crippen LogP contribution in [-0.4, -0.2) is 79.1 Å². The molecule has 0 spiro atoms. The quantitative estimate of drug-likeness (QED) is 0.227. The Labute approximate surface area is 269 Å². The molecule has 0 radical (unpaired) electrons. The van der Waals surface area contributed by atoms with E-state index < -0.39 is 5.60 Å². The van der Waals surface area contributed by atoms with E-state index in [4.69, 9.17) is 23.7 Å². The number of unbranched alkanes of at least 4 members (excludes halogenated alkanes) is 1. The van der Waals surface area contributed by atoms with E-state index >= 15 is 0 Å². The fourth-order valence-electron chi connectivity index (χ4n) is 5.77. The molecule has 1 aromatic carbocycles. The van der Waals surface area contributed by atoms with Crippen molar-refractivity contribution in [2.75, 3.05) is 41.0 Å². The molecular weight excluding hydrogens is 570 g/mol. The van der Waals surface area contributed by atoms with E-state index in [1.54, 1.807) is 21.3 Å². The fraction of sp³-hybridized carbons (Fsp3) is 0.556. The summed E-state index contributed by atoms with van der Waals surface area (Å²) >= 11 is 0. The van der Waals surface area contributed by atoms with Crippen LogP contribution in [0.4, 0.5) is 4.79 Å². The highest BCUT2D eigenvalue weighted by molar-refractivity contribution is 5.71. The summed E-state index contributed by atoms with van der Waals surface area (Å²) in [5.41, 5.74) is 3.31. The average Bonchev–Trinajstić information content (AvgIpc) is 3.03. The Morgan fingerprint density at radius 2 is 1.71 bits per heavy atom. The number of rotatable bonds is 12. The highest BCUT2D eigenvalue weighted by atomic mass is 16.6. The summed E-state index contributed by atoms with van der Waals surface area (Å²) in [7, 11) is 4.84. The zero-order valence-corrected chi connectivity index (χ0v) is 28.4. The van der Waals surface area contributed by atoms with Gasteiger partial charge in [0.25, 0.3) is 0 Å². The Morgan fingerprint density at radius 1 is 1.02 bits per heavy atom. The van der Waals surface area contributed by atoms with Crippen molar-refractivity contribution in [3.8, 4) is 28.4 Å². The molecule has 1 amide bonds. The van der Waals surface area contributed by atoms with Gasteiger partial charge < -0.3 is 33.5 Å². The van der Waals surface area contributed by atoms with Gasteiger partial charge in [0.15, 0.2) is 11.5 Å². The summed E-state index contributed by atoms with van der Waals surface area (Å²) < 4.78 is 28.6. The zero-order valence-electron chi connectivity index (χ0n) is 28.4. The minimum Gasteiger partial charge on any atom is -0.493 e. The maximum Gasteiger partial charge on any atom is 0.410 e. The second kappa shape index (κ2) is 15.0. The lowest BCUT2D eigenvalue weighted by atomic mass is 9.93. The van der Waals surface area contributed by atoms with Gasteiger partial charge in [0.2, 0.25) is 5.75 Å². The van der Waals surface area contributed by atoms with Crippen molar-refractivity contribution in [2.45, 2.75) is 90.5 Å². The number of piperidine rings is 1. The van der Waals surface area contributed by atoms with E-state index in [9.17, 15) is 4.79 Å². The number of hydrogen-bond acceptors (Lipinski definition) is 8. The van der Waals surface area contributed by atoms with Crippen molar-refractivity contribution in [1.29, 1.82) is 0 Å². The minimum absolute atomic E-state index is 0.244. The molecule has 0 N–H and O–H groups in total. The minimum atomic E-state index is -0.514. The van der Waals surface area contributed by atoms with Gasteiger partial charge in [0.05, 0.1) is 26.9 Å². The molecule has 9 nitrogen and oxygen atoms in total. The van der Waals surface area contributed by atoms with Crippen LogP contribution in [-0.2, 0) is 16.0 Å². The van der Waals surface area contributed by atoms with Crippen LogP contribution in [0.15, 0.2) is 54.5 Å². The van der Waals surface area contributed by atoms with Crippen molar-refractivity contribution in [1.82, 2.24) is 14.8 Å². The van der Waals surface area contributed by atoms with Gasteiger partial charge in [-0.25, -0.2) is 4.79 Å². The maximum atomic E-state index is 12.8. The van der Waals surface area contributed by atoms with E-state index in [0.29, 0.717) is 36.9 Å². The molecule has 1 saturated heterocycles. The molecule has 1 unspecified atom stereocenters. The van der Waals surface area contributed by atoms with E-state index in [1.165, 1.54) is 5.70 Å². The average molecular weight is 622 g/mol. The van der Waals surface area contributed by atoms with Crippen molar-refractivity contribution >= 4 is 6.09 Å². The number of aromatic nitrogens is 1. The number of nitrogens with zero attached hydrogens (tertiary/aromatic N) is 3. The molecule has 9 heteroatoms. The molecular formula is C36H51N3O6. The Balaban J connectivity index is 1.59. The van der Waals surface area contributed by atoms with Crippen LogP contribution in [0.25, 0.3) is 11.1 Å². The lowest BCUT2D eigenvalue weighted by Gasteiger charge is -2.42. The lowest BCUT2D eigenvalue weighted by Crippen LogP contribution is -2.47. The Morgan fingerprint density at radius 3 is 2.27 bits per heavy atom. The fourth-order valence-corrected chi connectivity index (χ4v) is 5.77. The highest BCUT2D eigenvalue weighted by Crippen LogP contribution is 2.41. The van der Waals surface area contributed by atoms with Gasteiger partial charge in [-0.15, -0.1) is 0 Å². The first-order valence-electron chi connectivity index (χ1n) is 16.0. The Hall–Kier alpha value is -3.72. The molecule has 1 atom stereocenters. The summed E-state index contributed by atoms with van der Waals surface area (Å²) in [6.07, 6.45) is 14.9. The second-order valence-electron chi connectivity index (χ2n) is 13.0. The summed E-state index contributed by atoms with van der Waals surface area (Å²) in [5.74, 6) is 1.74.